The third kappa shape index (κ3) is 2.71. The van der Waals surface area contributed by atoms with Crippen molar-refractivity contribution >= 4 is 31.9 Å². The summed E-state index contributed by atoms with van der Waals surface area (Å²) in [6.07, 6.45) is 8.60. The molecule has 104 valence electrons. The van der Waals surface area contributed by atoms with Crippen molar-refractivity contribution in [1.82, 2.24) is 4.98 Å². The van der Waals surface area contributed by atoms with Gasteiger partial charge in [0, 0.05) is 27.6 Å². The lowest BCUT2D eigenvalue weighted by Gasteiger charge is -2.38. The molecular weight excluding hydrogens is 378 g/mol. The van der Waals surface area contributed by atoms with Crippen LogP contribution in [0.1, 0.15) is 29.5 Å². The van der Waals surface area contributed by atoms with E-state index in [9.17, 15) is 0 Å². The highest BCUT2D eigenvalue weighted by Gasteiger charge is 2.35. The molecule has 1 aromatic carbocycles. The Bertz CT molecular complexity index is 611. The monoisotopic (exact) mass is 393 g/mol. The van der Waals surface area contributed by atoms with Crippen LogP contribution in [0.15, 0.2) is 47.2 Å². The number of pyridine rings is 1. The van der Waals surface area contributed by atoms with Gasteiger partial charge in [0.2, 0.25) is 0 Å². The molecule has 1 aliphatic rings. The number of hydrogen-bond donors (Lipinski definition) is 0. The highest BCUT2D eigenvalue weighted by atomic mass is 79.9. The summed E-state index contributed by atoms with van der Waals surface area (Å²) in [6.45, 7) is 0. The number of aromatic nitrogens is 1. The smallest absolute Gasteiger partial charge is 0.0410 e. The van der Waals surface area contributed by atoms with E-state index in [4.69, 9.17) is 0 Å². The Morgan fingerprint density at radius 3 is 2.85 bits per heavy atom. The molecule has 0 spiro atoms. The van der Waals surface area contributed by atoms with Gasteiger partial charge in [0.05, 0.1) is 0 Å². The topological polar surface area (TPSA) is 12.9 Å². The van der Waals surface area contributed by atoms with Gasteiger partial charge in [-0.3, -0.25) is 4.98 Å². The standard InChI is InChI=1S/C17H17Br2N/c18-12-17(9-13-8-15(19)11-20-10-13)7-3-5-14-4-1-2-6-16(14)17/h1-2,4,6,8,10-11H,3,5,7,9,12H2. The molecular formula is C17H17Br2N. The van der Waals surface area contributed by atoms with Gasteiger partial charge in [-0.25, -0.2) is 0 Å². The highest BCUT2D eigenvalue weighted by Crippen LogP contribution is 2.41. The predicted molar refractivity (Wildman–Crippen MR) is 90.5 cm³/mol. The van der Waals surface area contributed by atoms with E-state index in [2.05, 4.69) is 67.2 Å². The molecule has 0 amide bonds. The third-order valence-corrected chi connectivity index (χ3v) is 5.76. The van der Waals surface area contributed by atoms with E-state index in [-0.39, 0.29) is 5.41 Å². The molecule has 0 bridgehead atoms. The van der Waals surface area contributed by atoms with E-state index in [0.717, 1.165) is 16.2 Å². The number of rotatable bonds is 3. The molecule has 1 nitrogen and oxygen atoms in total. The number of aryl methyl sites for hydroxylation is 1. The van der Waals surface area contributed by atoms with Crippen LogP contribution in [-0.2, 0) is 18.3 Å². The fourth-order valence-corrected chi connectivity index (χ4v) is 4.51. The molecule has 2 aromatic rings. The molecule has 1 aliphatic carbocycles. The molecule has 0 N–H and O–H groups in total. The van der Waals surface area contributed by atoms with Gasteiger partial charge in [-0.15, -0.1) is 0 Å². The lowest BCUT2D eigenvalue weighted by molar-refractivity contribution is 0.401. The molecule has 0 saturated carbocycles. The predicted octanol–water partition coefficient (Wildman–Crippen LogP) is 5.06. The second-order valence-corrected chi connectivity index (χ2v) is 7.09. The van der Waals surface area contributed by atoms with E-state index >= 15 is 0 Å². The number of halogens is 2. The van der Waals surface area contributed by atoms with Crippen LogP contribution in [0.2, 0.25) is 0 Å². The van der Waals surface area contributed by atoms with Crippen molar-refractivity contribution in [1.29, 1.82) is 0 Å². The molecule has 1 atom stereocenters. The van der Waals surface area contributed by atoms with Crippen molar-refractivity contribution in [2.75, 3.05) is 5.33 Å². The second kappa shape index (κ2) is 5.98. The summed E-state index contributed by atoms with van der Waals surface area (Å²) in [5, 5.41) is 1.00. The summed E-state index contributed by atoms with van der Waals surface area (Å²) in [5.74, 6) is 0. The molecule has 0 radical (unpaired) electrons. The van der Waals surface area contributed by atoms with Crippen LogP contribution in [0, 0.1) is 0 Å². The van der Waals surface area contributed by atoms with Gasteiger partial charge in [-0.1, -0.05) is 40.2 Å². The first kappa shape index (κ1) is 14.3. The van der Waals surface area contributed by atoms with Crippen LogP contribution < -0.4 is 0 Å². The lowest BCUT2D eigenvalue weighted by atomic mass is 9.68. The molecule has 0 fully saturated rings. The summed E-state index contributed by atoms with van der Waals surface area (Å²) < 4.78 is 1.06. The zero-order chi connectivity index (χ0) is 14.0. The van der Waals surface area contributed by atoms with Gasteiger partial charge in [0.25, 0.3) is 0 Å². The van der Waals surface area contributed by atoms with Crippen molar-refractivity contribution in [3.05, 3.63) is 63.9 Å². The molecule has 0 aliphatic heterocycles. The van der Waals surface area contributed by atoms with Gasteiger partial charge >= 0.3 is 0 Å². The Morgan fingerprint density at radius 2 is 2.05 bits per heavy atom. The molecule has 1 unspecified atom stereocenters. The van der Waals surface area contributed by atoms with E-state index in [1.165, 1.54) is 36.0 Å². The van der Waals surface area contributed by atoms with Gasteiger partial charge in [-0.05, 0) is 64.4 Å². The number of benzene rings is 1. The summed E-state index contributed by atoms with van der Waals surface area (Å²) in [4.78, 5) is 4.31. The summed E-state index contributed by atoms with van der Waals surface area (Å²) in [5.41, 5.74) is 4.54. The minimum absolute atomic E-state index is 0.206. The first-order chi connectivity index (χ1) is 9.73. The van der Waals surface area contributed by atoms with Crippen LogP contribution >= 0.6 is 31.9 Å². The summed E-state index contributed by atoms with van der Waals surface area (Å²) in [7, 11) is 0. The first-order valence-corrected chi connectivity index (χ1v) is 8.89. The Balaban J connectivity index is 2.00. The average Bonchev–Trinajstić information content (AvgIpc) is 2.47. The van der Waals surface area contributed by atoms with Crippen LogP contribution in [0.3, 0.4) is 0 Å². The van der Waals surface area contributed by atoms with Crippen LogP contribution in [-0.4, -0.2) is 10.3 Å². The van der Waals surface area contributed by atoms with Crippen molar-refractivity contribution in [2.45, 2.75) is 31.1 Å². The zero-order valence-electron chi connectivity index (χ0n) is 11.3. The van der Waals surface area contributed by atoms with Crippen LogP contribution in [0.5, 0.6) is 0 Å². The fraction of sp³-hybridized carbons (Fsp3) is 0.353. The van der Waals surface area contributed by atoms with Gasteiger partial charge in [-0.2, -0.15) is 0 Å². The van der Waals surface area contributed by atoms with E-state index in [0.29, 0.717) is 0 Å². The summed E-state index contributed by atoms with van der Waals surface area (Å²) in [6, 6.07) is 11.1. The Morgan fingerprint density at radius 1 is 1.20 bits per heavy atom. The average molecular weight is 395 g/mol. The van der Waals surface area contributed by atoms with Gasteiger partial charge in [0.15, 0.2) is 0 Å². The Hall–Kier alpha value is -0.670. The quantitative estimate of drug-likeness (QED) is 0.663. The highest BCUT2D eigenvalue weighted by molar-refractivity contribution is 9.10. The van der Waals surface area contributed by atoms with Crippen LogP contribution in [0.25, 0.3) is 0 Å². The van der Waals surface area contributed by atoms with Gasteiger partial charge in [0.1, 0.15) is 0 Å². The first-order valence-electron chi connectivity index (χ1n) is 6.97. The van der Waals surface area contributed by atoms with Gasteiger partial charge < -0.3 is 0 Å². The number of nitrogens with zero attached hydrogens (tertiary/aromatic N) is 1. The normalized spacial score (nSPS) is 21.5. The second-order valence-electron chi connectivity index (χ2n) is 5.61. The van der Waals surface area contributed by atoms with Crippen molar-refractivity contribution in [3.63, 3.8) is 0 Å². The number of fused-ring (bicyclic) bond motifs is 1. The summed E-state index contributed by atoms with van der Waals surface area (Å²) >= 11 is 7.31. The maximum atomic E-state index is 4.31. The number of hydrogen-bond acceptors (Lipinski definition) is 1. The zero-order valence-corrected chi connectivity index (χ0v) is 14.5. The maximum Gasteiger partial charge on any atom is 0.0410 e. The van der Waals surface area contributed by atoms with E-state index in [1.54, 1.807) is 0 Å². The Kier molecular flexibility index (Phi) is 4.27. The molecule has 20 heavy (non-hydrogen) atoms. The minimum atomic E-state index is 0.206. The van der Waals surface area contributed by atoms with E-state index < -0.39 is 0 Å². The minimum Gasteiger partial charge on any atom is -0.263 e. The molecule has 0 saturated heterocycles. The van der Waals surface area contributed by atoms with Crippen molar-refractivity contribution in [2.24, 2.45) is 0 Å². The molecule has 1 aromatic heterocycles. The fourth-order valence-electron chi connectivity index (χ4n) is 3.32. The number of alkyl halides is 1. The largest absolute Gasteiger partial charge is 0.263 e. The van der Waals surface area contributed by atoms with Crippen molar-refractivity contribution < 1.29 is 0 Å². The maximum absolute atomic E-state index is 4.31. The van der Waals surface area contributed by atoms with E-state index in [1.807, 2.05) is 12.4 Å². The van der Waals surface area contributed by atoms with Crippen molar-refractivity contribution in [3.8, 4) is 0 Å². The molecule has 3 heteroatoms. The third-order valence-electron chi connectivity index (χ3n) is 4.25. The molecule has 3 rings (SSSR count). The lowest BCUT2D eigenvalue weighted by Crippen LogP contribution is -2.35. The SMILES string of the molecule is BrCC1(Cc2cncc(Br)c2)CCCc2ccccc21. The Labute approximate surface area is 137 Å². The van der Waals surface area contributed by atoms with Crippen LogP contribution in [0.4, 0.5) is 0 Å². The molecule has 1 heterocycles.